The van der Waals surface area contributed by atoms with E-state index in [4.69, 9.17) is 42.0 Å². The first-order valence-corrected chi connectivity index (χ1v) is 31.6. The summed E-state index contributed by atoms with van der Waals surface area (Å²) in [5.74, 6) is 1.55. The molecule has 6 aliphatic rings. The van der Waals surface area contributed by atoms with E-state index in [1.807, 2.05) is 68.4 Å². The number of hydrogen-bond acceptors (Lipinski definition) is 17. The van der Waals surface area contributed by atoms with E-state index in [2.05, 4.69) is 25.1 Å². The van der Waals surface area contributed by atoms with Gasteiger partial charge in [0.15, 0.2) is 0 Å². The molecule has 11 atom stereocenters. The number of amides is 2. The molecule has 0 radical (unpaired) electrons. The van der Waals surface area contributed by atoms with E-state index >= 15 is 4.57 Å². The van der Waals surface area contributed by atoms with Gasteiger partial charge in [-0.2, -0.15) is 15.8 Å². The summed E-state index contributed by atoms with van der Waals surface area (Å²) in [5, 5.41) is 41.0. The summed E-state index contributed by atoms with van der Waals surface area (Å²) in [7, 11) is -4.51. The number of fused-ring (bicyclic) bond motifs is 3. The zero-order valence-electron chi connectivity index (χ0n) is 50.6. The molecule has 0 spiro atoms. The summed E-state index contributed by atoms with van der Waals surface area (Å²) in [6.45, 7) is 20.9. The molecule has 6 heterocycles. The number of aliphatic hydroxyl groups excluding tert-OH is 1. The smallest absolute Gasteiger partial charge is 0.475 e. The summed E-state index contributed by atoms with van der Waals surface area (Å²) in [5.41, 5.74) is -0.161. The molecule has 19 nitrogen and oxygen atoms in total. The van der Waals surface area contributed by atoms with E-state index in [1.165, 1.54) is 0 Å². The number of carbonyl (C=O) groups excluding carboxylic acids is 2. The van der Waals surface area contributed by atoms with Crippen molar-refractivity contribution in [3.8, 4) is 35.5 Å². The second-order valence-electron chi connectivity index (χ2n) is 25.4. The maximum absolute atomic E-state index is 15.5. The van der Waals surface area contributed by atoms with E-state index in [9.17, 15) is 30.5 Å². The molecule has 454 valence electrons. The normalized spacial score (nSPS) is 27.6. The molecule has 0 aromatic heterocycles. The van der Waals surface area contributed by atoms with Crippen molar-refractivity contribution in [2.75, 3.05) is 46.1 Å². The zero-order chi connectivity index (χ0) is 60.4. The first-order valence-electron chi connectivity index (χ1n) is 30.1. The highest BCUT2D eigenvalue weighted by Gasteiger charge is 2.54. The second kappa shape index (κ2) is 25.8. The monoisotopic (exact) mass is 1180 g/mol. The summed E-state index contributed by atoms with van der Waals surface area (Å²) in [6, 6.07) is 21.2. The number of likely N-dealkylation sites (tertiary alicyclic amines) is 3. The fourth-order valence-electron chi connectivity index (χ4n) is 13.6. The standard InChI is InChI=1S/C64H85N6O13P/c1-11-12-26-64(10)60(58(70-30-15-18-54(70)73)48-37-45(40-67)21-24-51(48)81-64)76-32-27-61(4,5)83-84(74,78-34-33-77-59-57(69-29-14-17-53(69)72)47-36-44(39-66)20-23-50(47)80-63(59,8)9)82-41(2)25-31-75-42(3)55-56(68-28-13-16-52(68)71)46-35-43(38-65)19-22-49(46)79-62(55,6)7/h19-24,35-37,41-42,53,55-60,72H,11-18,25-34H2,1-10H3/t41?,42-,53?,55+,56-,57-,58-,59+,60+,64?,84?/m1/s1. The molecular formula is C64H85N6O13P. The van der Waals surface area contributed by atoms with E-state index < -0.39 is 79.0 Å². The third-order valence-electron chi connectivity index (χ3n) is 17.7. The highest BCUT2D eigenvalue weighted by atomic mass is 31.2. The van der Waals surface area contributed by atoms with Crippen molar-refractivity contribution in [3.63, 3.8) is 0 Å². The van der Waals surface area contributed by atoms with Crippen LogP contribution in [0.15, 0.2) is 54.6 Å². The maximum atomic E-state index is 15.5. The van der Waals surface area contributed by atoms with Crippen LogP contribution < -0.4 is 14.2 Å². The number of rotatable bonds is 24. The topological polar surface area (TPSA) is 236 Å². The summed E-state index contributed by atoms with van der Waals surface area (Å²) < 4.78 is 75.0. The van der Waals surface area contributed by atoms with Gasteiger partial charge in [0.2, 0.25) is 11.8 Å². The van der Waals surface area contributed by atoms with Crippen LogP contribution in [-0.4, -0.2) is 131 Å². The highest BCUT2D eigenvalue weighted by molar-refractivity contribution is 7.48. The molecule has 0 saturated carbocycles. The number of aliphatic hydroxyl groups is 1. The Morgan fingerprint density at radius 3 is 1.81 bits per heavy atom. The summed E-state index contributed by atoms with van der Waals surface area (Å²) in [4.78, 5) is 32.8. The van der Waals surface area contributed by atoms with Gasteiger partial charge in [-0.15, -0.1) is 0 Å². The predicted molar refractivity (Wildman–Crippen MR) is 310 cm³/mol. The number of phosphoric ester groups is 1. The third-order valence-corrected chi connectivity index (χ3v) is 19.5. The van der Waals surface area contributed by atoms with Gasteiger partial charge in [-0.1, -0.05) is 13.3 Å². The number of benzene rings is 3. The molecule has 3 aromatic carbocycles. The molecule has 20 heteroatoms. The zero-order valence-corrected chi connectivity index (χ0v) is 51.5. The number of ether oxygens (including phenoxy) is 6. The Hall–Kier alpha value is -5.62. The molecule has 3 fully saturated rings. The average Bonchev–Trinajstić information content (AvgIpc) is 1.49. The number of phosphoric acid groups is 1. The molecule has 2 amide bonds. The van der Waals surface area contributed by atoms with Gasteiger partial charge in [0.1, 0.15) is 52.5 Å². The lowest BCUT2D eigenvalue weighted by atomic mass is 9.74. The molecule has 0 aliphatic carbocycles. The first-order chi connectivity index (χ1) is 39.9. The quantitative estimate of drug-likeness (QED) is 0.0648. The average molecular weight is 1180 g/mol. The Morgan fingerprint density at radius 1 is 0.714 bits per heavy atom. The Bertz CT molecular complexity index is 3060. The fraction of sp³-hybridized carbons (Fsp3) is 0.641. The van der Waals surface area contributed by atoms with Crippen molar-refractivity contribution in [1.82, 2.24) is 14.7 Å². The lowest BCUT2D eigenvalue weighted by molar-refractivity contribution is -0.157. The van der Waals surface area contributed by atoms with Crippen molar-refractivity contribution in [3.05, 3.63) is 88.0 Å². The van der Waals surface area contributed by atoms with E-state index in [0.29, 0.717) is 85.7 Å². The highest BCUT2D eigenvalue weighted by Crippen LogP contribution is 2.56. The first kappa shape index (κ1) is 62.9. The van der Waals surface area contributed by atoms with Crippen LogP contribution in [0, 0.1) is 39.9 Å². The molecule has 9 rings (SSSR count). The molecule has 0 bridgehead atoms. The maximum Gasteiger partial charge on any atom is 0.475 e. The van der Waals surface area contributed by atoms with Gasteiger partial charge in [0, 0.05) is 61.7 Å². The second-order valence-corrected chi connectivity index (χ2v) is 26.9. The summed E-state index contributed by atoms with van der Waals surface area (Å²) in [6.07, 6.45) is 3.24. The predicted octanol–water partition coefficient (Wildman–Crippen LogP) is 11.1. The van der Waals surface area contributed by atoms with Crippen molar-refractivity contribution >= 4 is 19.6 Å². The lowest BCUT2D eigenvalue weighted by Gasteiger charge is -2.50. The third kappa shape index (κ3) is 13.5. The van der Waals surface area contributed by atoms with Crippen LogP contribution >= 0.6 is 7.82 Å². The minimum Gasteiger partial charge on any atom is -0.487 e. The van der Waals surface area contributed by atoms with Crippen LogP contribution in [0.25, 0.3) is 0 Å². The van der Waals surface area contributed by atoms with Crippen LogP contribution in [0.1, 0.15) is 191 Å². The number of carbonyl (C=O) groups is 2. The Balaban J connectivity index is 0.935. The molecule has 6 aliphatic heterocycles. The SMILES string of the molecule is CCCCC1(C)Oc2ccc(C#N)cc2[C@@H](N2CCCC2=O)[C@@H]1OCCC(C)(C)OP(=O)(OCCO[C@H]1[C@H](N2CCCC2O)c2cc(C#N)ccc2OC1(C)C)OC(C)CCO[C@H](C)[C@H]1[C@H](N2CCCC2=O)c2cc(C#N)ccc2OC1(C)C. The van der Waals surface area contributed by atoms with Gasteiger partial charge in [-0.05, 0) is 168 Å². The Labute approximate surface area is 495 Å². The van der Waals surface area contributed by atoms with Crippen molar-refractivity contribution < 1.29 is 61.3 Å². The van der Waals surface area contributed by atoms with Gasteiger partial charge in [0.05, 0.1) is 90.7 Å². The van der Waals surface area contributed by atoms with Crippen molar-refractivity contribution in [2.45, 2.75) is 211 Å². The van der Waals surface area contributed by atoms with Crippen LogP contribution in [-0.2, 0) is 41.9 Å². The Morgan fingerprint density at radius 2 is 1.26 bits per heavy atom. The minimum absolute atomic E-state index is 0.00989. The van der Waals surface area contributed by atoms with Gasteiger partial charge >= 0.3 is 7.82 Å². The summed E-state index contributed by atoms with van der Waals surface area (Å²) >= 11 is 0. The molecule has 3 aromatic rings. The van der Waals surface area contributed by atoms with Gasteiger partial charge in [0.25, 0.3) is 0 Å². The molecule has 1 N–H and O–H groups in total. The van der Waals surface area contributed by atoms with Gasteiger partial charge < -0.3 is 43.3 Å². The van der Waals surface area contributed by atoms with E-state index in [-0.39, 0.29) is 57.0 Å². The molecule has 4 unspecified atom stereocenters. The van der Waals surface area contributed by atoms with E-state index in [0.717, 1.165) is 42.4 Å². The fourth-order valence-corrected chi connectivity index (χ4v) is 15.3. The molecular weight excluding hydrogens is 1090 g/mol. The van der Waals surface area contributed by atoms with E-state index in [1.54, 1.807) is 63.2 Å². The van der Waals surface area contributed by atoms with Crippen LogP contribution in [0.5, 0.6) is 17.2 Å². The van der Waals surface area contributed by atoms with Crippen LogP contribution in [0.2, 0.25) is 0 Å². The van der Waals surface area contributed by atoms with Crippen molar-refractivity contribution in [1.29, 1.82) is 15.8 Å². The number of nitrogens with zero attached hydrogens (tertiary/aromatic N) is 6. The number of nitriles is 3. The minimum atomic E-state index is -4.51. The van der Waals surface area contributed by atoms with Crippen LogP contribution in [0.4, 0.5) is 0 Å². The van der Waals surface area contributed by atoms with Crippen molar-refractivity contribution in [2.24, 2.45) is 5.92 Å². The van der Waals surface area contributed by atoms with Gasteiger partial charge in [-0.25, -0.2) is 4.57 Å². The largest absolute Gasteiger partial charge is 0.487 e. The number of unbranched alkanes of at least 4 members (excludes halogenated alkanes) is 1. The van der Waals surface area contributed by atoms with Crippen LogP contribution in [0.3, 0.4) is 0 Å². The van der Waals surface area contributed by atoms with Gasteiger partial charge in [-0.3, -0.25) is 28.1 Å². The molecule has 3 saturated heterocycles. The number of hydrogen-bond donors (Lipinski definition) is 1. The molecule has 84 heavy (non-hydrogen) atoms. The lowest BCUT2D eigenvalue weighted by Crippen LogP contribution is -2.57. The Kier molecular flexibility index (Phi) is 19.3.